The van der Waals surface area contributed by atoms with E-state index in [-0.39, 0.29) is 24.5 Å². The fourth-order valence-electron chi connectivity index (χ4n) is 3.14. The second-order valence-electron chi connectivity index (χ2n) is 6.30. The van der Waals surface area contributed by atoms with E-state index >= 15 is 0 Å². The van der Waals surface area contributed by atoms with E-state index in [9.17, 15) is 13.2 Å². The number of carbonyl (C=O) groups is 1. The normalized spacial score (nSPS) is 17.9. The fraction of sp³-hybridized carbons (Fsp3) is 0.588. The van der Waals surface area contributed by atoms with Crippen LogP contribution in [0.2, 0.25) is 0 Å². The number of nitrogens with one attached hydrogen (secondary N) is 1. The van der Waals surface area contributed by atoms with Gasteiger partial charge in [0, 0.05) is 6.04 Å². The average Bonchev–Trinajstić information content (AvgIpc) is 2.53. The highest BCUT2D eigenvalue weighted by atomic mass is 32.2. The molecule has 1 N–H and O–H groups in total. The summed E-state index contributed by atoms with van der Waals surface area (Å²) in [4.78, 5) is 12.3. The van der Waals surface area contributed by atoms with Crippen molar-refractivity contribution >= 4 is 15.9 Å². The van der Waals surface area contributed by atoms with Crippen LogP contribution >= 0.6 is 0 Å². The Labute approximate surface area is 139 Å². The third kappa shape index (κ3) is 5.32. The monoisotopic (exact) mass is 338 g/mol. The molecule has 0 spiro atoms. The molecule has 128 valence electrons. The largest absolute Gasteiger partial charge is 0.348 e. The molecule has 0 bridgehead atoms. The Kier molecular flexibility index (Phi) is 6.18. The number of carbonyl (C=O) groups excluding carboxylic acids is 1. The van der Waals surface area contributed by atoms with Crippen LogP contribution in [-0.4, -0.2) is 37.5 Å². The van der Waals surface area contributed by atoms with E-state index < -0.39 is 10.0 Å². The molecular weight excluding hydrogens is 312 g/mol. The quantitative estimate of drug-likeness (QED) is 0.866. The van der Waals surface area contributed by atoms with Crippen LogP contribution in [0.5, 0.6) is 0 Å². The predicted molar refractivity (Wildman–Crippen MR) is 91.4 cm³/mol. The first-order chi connectivity index (χ1) is 10.9. The molecule has 2 rings (SSSR count). The number of amides is 1. The number of nitrogens with zero attached hydrogens (tertiary/aromatic N) is 1. The van der Waals surface area contributed by atoms with Gasteiger partial charge in [0.2, 0.25) is 15.9 Å². The summed E-state index contributed by atoms with van der Waals surface area (Å²) in [6, 6.07) is 9.46. The summed E-state index contributed by atoms with van der Waals surface area (Å²) in [7, 11) is -3.39. The van der Waals surface area contributed by atoms with Crippen LogP contribution in [0.3, 0.4) is 0 Å². The lowest BCUT2D eigenvalue weighted by molar-refractivity contribution is -0.122. The van der Waals surface area contributed by atoms with Gasteiger partial charge < -0.3 is 5.32 Å². The molecular formula is C17H26N2O3S. The molecule has 0 heterocycles. The van der Waals surface area contributed by atoms with Gasteiger partial charge in [0.25, 0.3) is 0 Å². The van der Waals surface area contributed by atoms with Crippen LogP contribution < -0.4 is 5.32 Å². The summed E-state index contributed by atoms with van der Waals surface area (Å²) in [5, 5.41) is 2.89. The van der Waals surface area contributed by atoms with Crippen LogP contribution in [0.15, 0.2) is 30.3 Å². The van der Waals surface area contributed by atoms with Gasteiger partial charge in [-0.2, -0.15) is 4.31 Å². The maximum Gasteiger partial charge on any atom is 0.235 e. The lowest BCUT2D eigenvalue weighted by Crippen LogP contribution is -2.46. The highest BCUT2D eigenvalue weighted by molar-refractivity contribution is 7.88. The molecule has 1 saturated carbocycles. The molecule has 0 aromatic heterocycles. The minimum atomic E-state index is -3.39. The number of hydrogen-bond acceptors (Lipinski definition) is 3. The van der Waals surface area contributed by atoms with Crippen LogP contribution in [0, 0.1) is 0 Å². The molecule has 0 unspecified atom stereocenters. The molecule has 1 amide bonds. The summed E-state index contributed by atoms with van der Waals surface area (Å²) >= 11 is 0. The van der Waals surface area contributed by atoms with Crippen molar-refractivity contribution in [3.8, 4) is 0 Å². The van der Waals surface area contributed by atoms with E-state index in [2.05, 4.69) is 5.32 Å². The summed E-state index contributed by atoms with van der Waals surface area (Å²) < 4.78 is 25.5. The second kappa shape index (κ2) is 7.93. The molecule has 1 aromatic carbocycles. The van der Waals surface area contributed by atoms with Gasteiger partial charge >= 0.3 is 0 Å². The summed E-state index contributed by atoms with van der Waals surface area (Å²) in [6.07, 6.45) is 6.07. The van der Waals surface area contributed by atoms with Gasteiger partial charge in [-0.3, -0.25) is 4.79 Å². The maximum absolute atomic E-state index is 12.3. The Morgan fingerprint density at radius 2 is 1.83 bits per heavy atom. The zero-order valence-electron chi connectivity index (χ0n) is 13.9. The van der Waals surface area contributed by atoms with Gasteiger partial charge in [-0.25, -0.2) is 8.42 Å². The fourth-order valence-corrected chi connectivity index (χ4v) is 4.24. The van der Waals surface area contributed by atoms with E-state index in [0.717, 1.165) is 37.7 Å². The molecule has 0 aliphatic heterocycles. The highest BCUT2D eigenvalue weighted by Crippen LogP contribution is 2.24. The van der Waals surface area contributed by atoms with E-state index in [0.29, 0.717) is 0 Å². The highest BCUT2D eigenvalue weighted by Gasteiger charge is 2.30. The molecule has 1 aliphatic carbocycles. The first-order valence-electron chi connectivity index (χ1n) is 8.19. The minimum Gasteiger partial charge on any atom is -0.348 e. The third-order valence-electron chi connectivity index (χ3n) is 4.38. The first kappa shape index (κ1) is 17.9. The second-order valence-corrected chi connectivity index (χ2v) is 8.23. The summed E-state index contributed by atoms with van der Waals surface area (Å²) in [6.45, 7) is 1.80. The number of benzene rings is 1. The van der Waals surface area contributed by atoms with E-state index in [1.54, 1.807) is 0 Å². The van der Waals surface area contributed by atoms with Crippen LogP contribution in [-0.2, 0) is 14.8 Å². The van der Waals surface area contributed by atoms with Gasteiger partial charge in [-0.05, 0) is 25.3 Å². The van der Waals surface area contributed by atoms with Crippen molar-refractivity contribution in [2.75, 3.05) is 12.8 Å². The summed E-state index contributed by atoms with van der Waals surface area (Å²) in [5.41, 5.74) is 1.00. The van der Waals surface area contributed by atoms with Crippen molar-refractivity contribution in [2.24, 2.45) is 0 Å². The van der Waals surface area contributed by atoms with Crippen LogP contribution in [0.1, 0.15) is 50.6 Å². The molecule has 1 atom stereocenters. The number of hydrogen-bond donors (Lipinski definition) is 1. The zero-order valence-corrected chi connectivity index (χ0v) is 14.7. The Morgan fingerprint density at radius 1 is 1.22 bits per heavy atom. The maximum atomic E-state index is 12.3. The van der Waals surface area contributed by atoms with Crippen LogP contribution in [0.25, 0.3) is 0 Å². The molecule has 1 aliphatic rings. The topological polar surface area (TPSA) is 66.5 Å². The smallest absolute Gasteiger partial charge is 0.235 e. The van der Waals surface area contributed by atoms with Gasteiger partial charge in [0.05, 0.1) is 18.8 Å². The lowest BCUT2D eigenvalue weighted by atomic mass is 9.95. The Balaban J connectivity index is 2.00. The van der Waals surface area contributed by atoms with Crippen molar-refractivity contribution < 1.29 is 13.2 Å². The van der Waals surface area contributed by atoms with Gasteiger partial charge in [-0.15, -0.1) is 0 Å². The average molecular weight is 338 g/mol. The lowest BCUT2D eigenvalue weighted by Gasteiger charge is -2.32. The number of rotatable bonds is 6. The standard InChI is InChI=1S/C17H26N2O3S/c1-14(15-9-5-3-6-10-15)18-17(20)13-19(23(2,21)22)16-11-7-4-8-12-16/h3,5-6,9-10,14,16H,4,7-8,11-13H2,1-2H3,(H,18,20)/t14-/m0/s1. The molecule has 6 heteroatoms. The first-order valence-corrected chi connectivity index (χ1v) is 10.0. The van der Waals surface area contributed by atoms with E-state index in [1.807, 2.05) is 37.3 Å². The molecule has 23 heavy (non-hydrogen) atoms. The predicted octanol–water partition coefficient (Wildman–Crippen LogP) is 2.46. The molecule has 1 fully saturated rings. The van der Waals surface area contributed by atoms with E-state index in [1.165, 1.54) is 10.6 Å². The van der Waals surface area contributed by atoms with Crippen molar-refractivity contribution in [2.45, 2.75) is 51.1 Å². The third-order valence-corrected chi connectivity index (χ3v) is 5.66. The van der Waals surface area contributed by atoms with Gasteiger partial charge in [-0.1, -0.05) is 49.6 Å². The minimum absolute atomic E-state index is 0.0449. The van der Waals surface area contributed by atoms with Crippen molar-refractivity contribution in [1.29, 1.82) is 0 Å². The Morgan fingerprint density at radius 3 is 2.39 bits per heavy atom. The Bertz CT molecular complexity index is 610. The Hall–Kier alpha value is -1.40. The SMILES string of the molecule is C[C@H](NC(=O)CN(C1CCCCC1)S(C)(=O)=O)c1ccccc1. The van der Waals surface area contributed by atoms with E-state index in [4.69, 9.17) is 0 Å². The van der Waals surface area contributed by atoms with Crippen molar-refractivity contribution in [1.82, 2.24) is 9.62 Å². The molecule has 0 radical (unpaired) electrons. The number of sulfonamides is 1. The molecule has 1 aromatic rings. The molecule has 0 saturated heterocycles. The molecule has 5 nitrogen and oxygen atoms in total. The van der Waals surface area contributed by atoms with Crippen LogP contribution in [0.4, 0.5) is 0 Å². The van der Waals surface area contributed by atoms with Gasteiger partial charge in [0.15, 0.2) is 0 Å². The summed E-state index contributed by atoms with van der Waals surface area (Å²) in [5.74, 6) is -0.252. The van der Waals surface area contributed by atoms with Crippen molar-refractivity contribution in [3.05, 3.63) is 35.9 Å². The van der Waals surface area contributed by atoms with Crippen molar-refractivity contribution in [3.63, 3.8) is 0 Å². The zero-order chi connectivity index (χ0) is 16.9. The van der Waals surface area contributed by atoms with Gasteiger partial charge in [0.1, 0.15) is 0 Å².